The largest absolute Gasteiger partial charge is 0.334 e. The van der Waals surface area contributed by atoms with Gasteiger partial charge < -0.3 is 9.88 Å². The molecule has 1 aromatic carbocycles. The highest BCUT2D eigenvalue weighted by molar-refractivity contribution is 5.91. The molecule has 0 aliphatic carbocycles. The zero-order valence-corrected chi connectivity index (χ0v) is 15.3. The minimum absolute atomic E-state index is 0.0237. The number of rotatable bonds is 6. The molecule has 0 aliphatic rings. The van der Waals surface area contributed by atoms with Crippen LogP contribution in [0.5, 0.6) is 0 Å². The maximum Gasteiger partial charge on any atom is 0.226 e. The highest BCUT2D eigenvalue weighted by Crippen LogP contribution is 2.21. The Morgan fingerprint density at radius 1 is 1.19 bits per heavy atom. The number of benzene rings is 1. The lowest BCUT2D eigenvalue weighted by Crippen LogP contribution is -2.15. The van der Waals surface area contributed by atoms with E-state index in [4.69, 9.17) is 0 Å². The van der Waals surface area contributed by atoms with Gasteiger partial charge in [-0.3, -0.25) is 4.79 Å². The fourth-order valence-corrected chi connectivity index (χ4v) is 2.83. The van der Waals surface area contributed by atoms with Crippen molar-refractivity contribution >= 4 is 11.6 Å². The van der Waals surface area contributed by atoms with Gasteiger partial charge in [-0.15, -0.1) is 0 Å². The van der Waals surface area contributed by atoms with Crippen LogP contribution in [0.1, 0.15) is 37.8 Å². The van der Waals surface area contributed by atoms with Crippen molar-refractivity contribution in [1.29, 1.82) is 0 Å². The molecule has 0 atom stereocenters. The zero-order chi connectivity index (χ0) is 18.5. The van der Waals surface area contributed by atoms with Crippen molar-refractivity contribution in [3.8, 4) is 11.3 Å². The molecule has 2 aromatic heterocycles. The van der Waals surface area contributed by atoms with E-state index < -0.39 is 0 Å². The van der Waals surface area contributed by atoms with Crippen molar-refractivity contribution in [3.05, 3.63) is 60.6 Å². The molecule has 3 rings (SSSR count). The normalized spacial score (nSPS) is 10.9. The lowest BCUT2D eigenvalue weighted by atomic mass is 10.1. The Bertz CT molecular complexity index is 900. The molecule has 0 saturated heterocycles. The predicted octanol–water partition coefficient (Wildman–Crippen LogP) is 3.80. The van der Waals surface area contributed by atoms with Gasteiger partial charge in [0.15, 0.2) is 0 Å². The Morgan fingerprint density at radius 2 is 2.04 bits per heavy atom. The molecule has 0 saturated carbocycles. The number of carbonyl (C=O) groups excluding carboxylic acids is 1. The van der Waals surface area contributed by atoms with Crippen LogP contribution in [0, 0.1) is 6.92 Å². The third-order valence-electron chi connectivity index (χ3n) is 4.06. The van der Waals surface area contributed by atoms with Gasteiger partial charge in [-0.2, -0.15) is 0 Å². The van der Waals surface area contributed by atoms with E-state index in [1.807, 2.05) is 48.0 Å². The van der Waals surface area contributed by atoms with E-state index in [1.165, 1.54) is 0 Å². The van der Waals surface area contributed by atoms with Gasteiger partial charge in [-0.1, -0.05) is 26.0 Å². The summed E-state index contributed by atoms with van der Waals surface area (Å²) in [6.45, 7) is 6.67. The average molecular weight is 349 g/mol. The number of anilines is 1. The van der Waals surface area contributed by atoms with Crippen molar-refractivity contribution in [2.45, 2.75) is 39.7 Å². The molecule has 0 unspecified atom stereocenters. The fraction of sp³-hybridized carbons (Fsp3) is 0.300. The van der Waals surface area contributed by atoms with E-state index in [0.29, 0.717) is 18.9 Å². The Balaban J connectivity index is 1.64. The van der Waals surface area contributed by atoms with Gasteiger partial charge in [0, 0.05) is 48.7 Å². The minimum atomic E-state index is -0.0237. The van der Waals surface area contributed by atoms with Crippen LogP contribution in [0.2, 0.25) is 0 Å². The SMILES string of the molecule is Cc1nccc(-c2cccc(NC(=O)CCn3ccnc3C(C)C)c2)n1. The van der Waals surface area contributed by atoms with Crippen LogP contribution in [0.4, 0.5) is 5.69 Å². The van der Waals surface area contributed by atoms with Gasteiger partial charge in [0.05, 0.1) is 5.69 Å². The minimum Gasteiger partial charge on any atom is -0.334 e. The number of aromatic nitrogens is 4. The average Bonchev–Trinajstić information content (AvgIpc) is 3.09. The van der Waals surface area contributed by atoms with E-state index in [-0.39, 0.29) is 5.91 Å². The molecule has 6 heteroatoms. The smallest absolute Gasteiger partial charge is 0.226 e. The third-order valence-corrected chi connectivity index (χ3v) is 4.06. The number of nitrogens with one attached hydrogen (secondary N) is 1. The number of amides is 1. The quantitative estimate of drug-likeness (QED) is 0.734. The summed E-state index contributed by atoms with van der Waals surface area (Å²) in [6, 6.07) is 9.55. The van der Waals surface area contributed by atoms with E-state index in [1.54, 1.807) is 12.4 Å². The van der Waals surface area contributed by atoms with Crippen molar-refractivity contribution in [2.24, 2.45) is 0 Å². The summed E-state index contributed by atoms with van der Waals surface area (Å²) in [5, 5.41) is 2.96. The standard InChI is InChI=1S/C20H23N5O/c1-14(2)20-22-10-12-25(20)11-8-19(26)24-17-6-4-5-16(13-17)18-7-9-21-15(3)23-18/h4-7,9-10,12-14H,8,11H2,1-3H3,(H,24,26). The fourth-order valence-electron chi connectivity index (χ4n) is 2.83. The van der Waals surface area contributed by atoms with Crippen LogP contribution in [0.15, 0.2) is 48.9 Å². The van der Waals surface area contributed by atoms with Crippen LogP contribution in [-0.4, -0.2) is 25.4 Å². The Labute approximate surface area is 153 Å². The second-order valence-electron chi connectivity index (χ2n) is 6.50. The highest BCUT2D eigenvalue weighted by atomic mass is 16.1. The second kappa shape index (κ2) is 7.91. The van der Waals surface area contributed by atoms with Gasteiger partial charge in [-0.05, 0) is 25.1 Å². The Morgan fingerprint density at radius 3 is 2.81 bits per heavy atom. The van der Waals surface area contributed by atoms with E-state index in [0.717, 1.165) is 28.6 Å². The lowest BCUT2D eigenvalue weighted by Gasteiger charge is -2.11. The van der Waals surface area contributed by atoms with Crippen LogP contribution < -0.4 is 5.32 Å². The van der Waals surface area contributed by atoms with E-state index in [9.17, 15) is 4.79 Å². The lowest BCUT2D eigenvalue weighted by molar-refractivity contribution is -0.116. The zero-order valence-electron chi connectivity index (χ0n) is 15.3. The summed E-state index contributed by atoms with van der Waals surface area (Å²) in [6.07, 6.45) is 5.83. The summed E-state index contributed by atoms with van der Waals surface area (Å²) < 4.78 is 2.03. The summed E-state index contributed by atoms with van der Waals surface area (Å²) in [7, 11) is 0. The summed E-state index contributed by atoms with van der Waals surface area (Å²) in [5.41, 5.74) is 2.55. The van der Waals surface area contributed by atoms with Gasteiger partial charge in [-0.25, -0.2) is 15.0 Å². The molecule has 0 aliphatic heterocycles. The maximum atomic E-state index is 12.3. The van der Waals surface area contributed by atoms with E-state index in [2.05, 4.69) is 34.1 Å². The number of aryl methyl sites for hydroxylation is 2. The predicted molar refractivity (Wildman–Crippen MR) is 102 cm³/mol. The molecule has 1 N–H and O–H groups in total. The molecular formula is C20H23N5O. The topological polar surface area (TPSA) is 72.7 Å². The summed E-state index contributed by atoms with van der Waals surface area (Å²) in [4.78, 5) is 25.2. The van der Waals surface area contributed by atoms with Crippen LogP contribution in [0.3, 0.4) is 0 Å². The first-order chi connectivity index (χ1) is 12.5. The van der Waals surface area contributed by atoms with Gasteiger partial charge >= 0.3 is 0 Å². The number of carbonyl (C=O) groups is 1. The second-order valence-corrected chi connectivity index (χ2v) is 6.50. The molecule has 1 amide bonds. The summed E-state index contributed by atoms with van der Waals surface area (Å²) in [5.74, 6) is 2.03. The van der Waals surface area contributed by atoms with E-state index >= 15 is 0 Å². The van der Waals surface area contributed by atoms with Gasteiger partial charge in [0.2, 0.25) is 5.91 Å². The molecule has 0 spiro atoms. The molecule has 134 valence electrons. The van der Waals surface area contributed by atoms with Gasteiger partial charge in [0.1, 0.15) is 11.6 Å². The van der Waals surface area contributed by atoms with Crippen LogP contribution >= 0.6 is 0 Å². The van der Waals surface area contributed by atoms with Gasteiger partial charge in [0.25, 0.3) is 0 Å². The number of imidazole rings is 1. The molecular weight excluding hydrogens is 326 g/mol. The van der Waals surface area contributed by atoms with Crippen molar-refractivity contribution in [3.63, 3.8) is 0 Å². The third kappa shape index (κ3) is 4.33. The molecule has 3 aromatic rings. The Hall–Kier alpha value is -3.02. The van der Waals surface area contributed by atoms with Crippen molar-refractivity contribution in [1.82, 2.24) is 19.5 Å². The number of hydrogen-bond donors (Lipinski definition) is 1. The van der Waals surface area contributed by atoms with Crippen molar-refractivity contribution < 1.29 is 4.79 Å². The number of hydrogen-bond acceptors (Lipinski definition) is 4. The molecule has 6 nitrogen and oxygen atoms in total. The molecule has 26 heavy (non-hydrogen) atoms. The number of nitrogens with zero attached hydrogens (tertiary/aromatic N) is 4. The monoisotopic (exact) mass is 349 g/mol. The first-order valence-electron chi connectivity index (χ1n) is 8.74. The maximum absolute atomic E-state index is 12.3. The highest BCUT2D eigenvalue weighted by Gasteiger charge is 2.09. The Kier molecular flexibility index (Phi) is 5.41. The van der Waals surface area contributed by atoms with Crippen LogP contribution in [-0.2, 0) is 11.3 Å². The first kappa shape index (κ1) is 17.8. The molecule has 0 bridgehead atoms. The summed E-state index contributed by atoms with van der Waals surface area (Å²) >= 11 is 0. The molecule has 0 fully saturated rings. The molecule has 0 radical (unpaired) electrons. The van der Waals surface area contributed by atoms with Crippen molar-refractivity contribution in [2.75, 3.05) is 5.32 Å². The van der Waals surface area contributed by atoms with Crippen LogP contribution in [0.25, 0.3) is 11.3 Å². The first-order valence-corrected chi connectivity index (χ1v) is 8.74. The molecule has 2 heterocycles.